The molecule has 0 radical (unpaired) electrons. The number of benzene rings is 1. The normalized spacial score (nSPS) is 9.47. The molecular weight excluding hydrogens is 292 g/mol. The van der Waals surface area contributed by atoms with Crippen LogP contribution in [0.5, 0.6) is 0 Å². The standard InChI is InChI=1S/C10H7BrN2O4/c1-2-17-10(14)6-3-7(5-12)9(13(15)16)8(11)4-6/h3-4H,2H2,1H3. The van der Waals surface area contributed by atoms with Gasteiger partial charge in [-0.1, -0.05) is 0 Å². The molecule has 1 aromatic carbocycles. The summed E-state index contributed by atoms with van der Waals surface area (Å²) >= 11 is 2.96. The van der Waals surface area contributed by atoms with Gasteiger partial charge in [-0.05, 0) is 35.0 Å². The summed E-state index contributed by atoms with van der Waals surface area (Å²) in [5, 5.41) is 19.5. The molecule has 0 aromatic heterocycles. The van der Waals surface area contributed by atoms with E-state index in [4.69, 9.17) is 10.00 Å². The van der Waals surface area contributed by atoms with E-state index in [1.54, 1.807) is 13.0 Å². The van der Waals surface area contributed by atoms with Gasteiger partial charge in [0.15, 0.2) is 0 Å². The Morgan fingerprint density at radius 2 is 2.29 bits per heavy atom. The van der Waals surface area contributed by atoms with E-state index in [1.165, 1.54) is 6.07 Å². The summed E-state index contributed by atoms with van der Waals surface area (Å²) < 4.78 is 4.82. The predicted octanol–water partition coefficient (Wildman–Crippen LogP) is 2.41. The molecule has 0 aliphatic carbocycles. The number of nitrogens with zero attached hydrogens (tertiary/aromatic N) is 2. The van der Waals surface area contributed by atoms with Crippen molar-refractivity contribution in [3.63, 3.8) is 0 Å². The van der Waals surface area contributed by atoms with Crippen LogP contribution in [0.2, 0.25) is 0 Å². The Morgan fingerprint density at radius 1 is 1.65 bits per heavy atom. The number of rotatable bonds is 3. The molecule has 0 atom stereocenters. The van der Waals surface area contributed by atoms with E-state index in [-0.39, 0.29) is 27.9 Å². The van der Waals surface area contributed by atoms with E-state index in [0.717, 1.165) is 6.07 Å². The fraction of sp³-hybridized carbons (Fsp3) is 0.200. The van der Waals surface area contributed by atoms with Gasteiger partial charge in [-0.2, -0.15) is 5.26 Å². The van der Waals surface area contributed by atoms with Gasteiger partial charge in [-0.25, -0.2) is 4.79 Å². The maximum atomic E-state index is 11.4. The molecule has 7 heteroatoms. The zero-order valence-electron chi connectivity index (χ0n) is 8.77. The average molecular weight is 299 g/mol. The van der Waals surface area contributed by atoms with Gasteiger partial charge >= 0.3 is 11.7 Å². The fourth-order valence-corrected chi connectivity index (χ4v) is 1.81. The Hall–Kier alpha value is -1.94. The number of esters is 1. The molecule has 1 aromatic rings. The van der Waals surface area contributed by atoms with Crippen LogP contribution in [-0.4, -0.2) is 17.5 Å². The Balaban J connectivity index is 3.33. The highest BCUT2D eigenvalue weighted by Gasteiger charge is 2.22. The van der Waals surface area contributed by atoms with E-state index in [0.29, 0.717) is 0 Å². The summed E-state index contributed by atoms with van der Waals surface area (Å²) in [6.07, 6.45) is 0. The minimum absolute atomic E-state index is 0.0737. The molecule has 0 aliphatic heterocycles. The number of hydrogen-bond acceptors (Lipinski definition) is 5. The third-order valence-electron chi connectivity index (χ3n) is 1.88. The van der Waals surface area contributed by atoms with Crippen LogP contribution in [0.25, 0.3) is 0 Å². The SMILES string of the molecule is CCOC(=O)c1cc(Br)c([N+](=O)[O-])c(C#N)c1. The molecule has 0 spiro atoms. The topological polar surface area (TPSA) is 93.2 Å². The number of nitro benzene ring substituents is 1. The van der Waals surface area contributed by atoms with Gasteiger partial charge in [0, 0.05) is 0 Å². The van der Waals surface area contributed by atoms with Crippen LogP contribution in [0.3, 0.4) is 0 Å². The second-order valence-corrected chi connectivity index (χ2v) is 3.80. The number of nitro groups is 1. The lowest BCUT2D eigenvalue weighted by Gasteiger charge is -2.04. The molecule has 0 bridgehead atoms. The monoisotopic (exact) mass is 298 g/mol. The van der Waals surface area contributed by atoms with Crippen LogP contribution < -0.4 is 0 Å². The van der Waals surface area contributed by atoms with E-state index < -0.39 is 10.9 Å². The highest BCUT2D eigenvalue weighted by molar-refractivity contribution is 9.10. The van der Waals surface area contributed by atoms with Crippen LogP contribution in [-0.2, 0) is 4.74 Å². The Kier molecular flexibility index (Phi) is 4.17. The molecule has 0 N–H and O–H groups in total. The van der Waals surface area contributed by atoms with Gasteiger partial charge in [-0.3, -0.25) is 10.1 Å². The highest BCUT2D eigenvalue weighted by atomic mass is 79.9. The Labute approximate surface area is 105 Å². The average Bonchev–Trinajstić information content (AvgIpc) is 2.27. The Bertz CT molecular complexity index is 522. The first-order valence-electron chi connectivity index (χ1n) is 4.56. The van der Waals surface area contributed by atoms with Crippen molar-refractivity contribution in [3.05, 3.63) is 37.8 Å². The highest BCUT2D eigenvalue weighted by Crippen LogP contribution is 2.30. The van der Waals surface area contributed by atoms with Crippen molar-refractivity contribution in [2.24, 2.45) is 0 Å². The van der Waals surface area contributed by atoms with Crippen molar-refractivity contribution >= 4 is 27.6 Å². The fourth-order valence-electron chi connectivity index (χ4n) is 1.20. The first kappa shape index (κ1) is 13.1. The lowest BCUT2D eigenvalue weighted by Crippen LogP contribution is -2.06. The summed E-state index contributed by atoms with van der Waals surface area (Å²) in [6, 6.07) is 4.08. The van der Waals surface area contributed by atoms with Crippen LogP contribution in [0, 0.1) is 21.4 Å². The molecule has 0 heterocycles. The van der Waals surface area contributed by atoms with E-state index in [1.807, 2.05) is 0 Å². The van der Waals surface area contributed by atoms with Gasteiger partial charge in [0.05, 0.1) is 21.6 Å². The van der Waals surface area contributed by atoms with Gasteiger partial charge < -0.3 is 4.74 Å². The molecule has 88 valence electrons. The quantitative estimate of drug-likeness (QED) is 0.485. The second-order valence-electron chi connectivity index (χ2n) is 2.94. The zero-order valence-corrected chi connectivity index (χ0v) is 10.4. The third kappa shape index (κ3) is 2.79. The van der Waals surface area contributed by atoms with Crippen molar-refractivity contribution in [2.75, 3.05) is 6.61 Å². The summed E-state index contributed by atoms with van der Waals surface area (Å²) in [5.41, 5.74) is -0.450. The molecule has 1 rings (SSSR count). The number of nitriles is 1. The summed E-state index contributed by atoms with van der Waals surface area (Å²) in [7, 11) is 0. The molecule has 17 heavy (non-hydrogen) atoms. The number of carbonyl (C=O) groups excluding carboxylic acids is 1. The molecule has 0 unspecified atom stereocenters. The largest absolute Gasteiger partial charge is 0.462 e. The van der Waals surface area contributed by atoms with Gasteiger partial charge in [0.2, 0.25) is 0 Å². The first-order chi connectivity index (χ1) is 8.01. The Morgan fingerprint density at radius 3 is 2.76 bits per heavy atom. The number of hydrogen-bond donors (Lipinski definition) is 0. The van der Waals surface area contributed by atoms with Crippen LogP contribution in [0.4, 0.5) is 5.69 Å². The van der Waals surface area contributed by atoms with Gasteiger partial charge in [0.1, 0.15) is 11.6 Å². The van der Waals surface area contributed by atoms with Crippen molar-refractivity contribution < 1.29 is 14.5 Å². The third-order valence-corrected chi connectivity index (χ3v) is 2.48. The number of halogens is 1. The molecule has 0 saturated heterocycles. The van der Waals surface area contributed by atoms with E-state index >= 15 is 0 Å². The van der Waals surface area contributed by atoms with Crippen LogP contribution >= 0.6 is 15.9 Å². The predicted molar refractivity (Wildman–Crippen MR) is 61.5 cm³/mol. The second kappa shape index (κ2) is 5.41. The number of carbonyl (C=O) groups is 1. The summed E-state index contributed by atoms with van der Waals surface area (Å²) in [5.74, 6) is -0.625. The van der Waals surface area contributed by atoms with Crippen molar-refractivity contribution in [1.29, 1.82) is 5.26 Å². The zero-order chi connectivity index (χ0) is 13.0. The summed E-state index contributed by atoms with van der Waals surface area (Å²) in [4.78, 5) is 21.5. The molecule has 0 aliphatic rings. The molecule has 0 amide bonds. The first-order valence-corrected chi connectivity index (χ1v) is 5.35. The molecular formula is C10H7BrN2O4. The smallest absolute Gasteiger partial charge is 0.338 e. The van der Waals surface area contributed by atoms with Crippen molar-refractivity contribution in [2.45, 2.75) is 6.92 Å². The minimum Gasteiger partial charge on any atom is -0.462 e. The van der Waals surface area contributed by atoms with Gasteiger partial charge in [0.25, 0.3) is 0 Å². The van der Waals surface area contributed by atoms with E-state index in [2.05, 4.69) is 15.9 Å². The molecule has 6 nitrogen and oxygen atoms in total. The number of ether oxygens (including phenoxy) is 1. The summed E-state index contributed by atoms with van der Waals surface area (Å²) in [6.45, 7) is 1.83. The maximum Gasteiger partial charge on any atom is 0.338 e. The van der Waals surface area contributed by atoms with Crippen LogP contribution in [0.1, 0.15) is 22.8 Å². The van der Waals surface area contributed by atoms with Gasteiger partial charge in [-0.15, -0.1) is 0 Å². The molecule has 0 saturated carbocycles. The molecule has 0 fully saturated rings. The van der Waals surface area contributed by atoms with Crippen LogP contribution in [0.15, 0.2) is 16.6 Å². The minimum atomic E-state index is -0.683. The lowest BCUT2D eigenvalue weighted by atomic mass is 10.1. The van der Waals surface area contributed by atoms with Crippen molar-refractivity contribution in [1.82, 2.24) is 0 Å². The van der Waals surface area contributed by atoms with E-state index in [9.17, 15) is 14.9 Å². The lowest BCUT2D eigenvalue weighted by molar-refractivity contribution is -0.386. The van der Waals surface area contributed by atoms with Crippen molar-refractivity contribution in [3.8, 4) is 6.07 Å². The maximum absolute atomic E-state index is 11.4.